The van der Waals surface area contributed by atoms with Crippen LogP contribution in [0.1, 0.15) is 48.5 Å². The Kier molecular flexibility index (Phi) is 3.25. The average molecular weight is 279 g/mol. The fourth-order valence-electron chi connectivity index (χ4n) is 1.55. The lowest BCUT2D eigenvalue weighted by Gasteiger charge is -2.35. The highest BCUT2D eigenvalue weighted by molar-refractivity contribution is 7.85. The summed E-state index contributed by atoms with van der Waals surface area (Å²) in [4.78, 5) is 12.0. The van der Waals surface area contributed by atoms with Crippen molar-refractivity contribution in [2.24, 2.45) is 0 Å². The van der Waals surface area contributed by atoms with Crippen LogP contribution < -0.4 is 0 Å². The number of amides is 1. The lowest BCUT2D eigenvalue weighted by molar-refractivity contribution is 0.00706. The van der Waals surface area contributed by atoms with Gasteiger partial charge < -0.3 is 4.74 Å². The number of ether oxygens (including phenoxy) is 1. The fraction of sp³-hybridized carbons (Fsp3) is 0.909. The van der Waals surface area contributed by atoms with E-state index in [-0.39, 0.29) is 0 Å². The van der Waals surface area contributed by atoms with Gasteiger partial charge >= 0.3 is 16.4 Å². The van der Waals surface area contributed by atoms with Crippen molar-refractivity contribution in [3.63, 3.8) is 0 Å². The second kappa shape index (κ2) is 3.84. The Balaban J connectivity index is 3.19. The van der Waals surface area contributed by atoms with Gasteiger partial charge in [0.2, 0.25) is 0 Å². The molecular weight excluding hydrogens is 258 g/mol. The molecule has 1 aliphatic rings. The minimum absolute atomic E-state index is 0.672. The Bertz CT molecular complexity index is 458. The smallest absolute Gasteiger partial charge is 0.426 e. The summed E-state index contributed by atoms with van der Waals surface area (Å²) in [6, 6.07) is 0. The third kappa shape index (κ3) is 2.47. The molecule has 18 heavy (non-hydrogen) atoms. The first-order valence-corrected chi connectivity index (χ1v) is 7.06. The Morgan fingerprint density at radius 3 is 1.89 bits per heavy atom. The van der Waals surface area contributed by atoms with Gasteiger partial charge in [0, 0.05) is 0 Å². The largest absolute Gasteiger partial charge is 0.443 e. The van der Waals surface area contributed by atoms with Gasteiger partial charge in [-0.2, -0.15) is 12.7 Å². The lowest BCUT2D eigenvalue weighted by Crippen LogP contribution is -2.54. The maximum Gasteiger partial charge on any atom is 0.426 e. The molecule has 6 nitrogen and oxygen atoms in total. The van der Waals surface area contributed by atoms with E-state index in [4.69, 9.17) is 8.92 Å². The third-order valence-electron chi connectivity index (χ3n) is 3.08. The molecule has 0 aliphatic carbocycles. The van der Waals surface area contributed by atoms with Gasteiger partial charge in [0.25, 0.3) is 0 Å². The van der Waals surface area contributed by atoms with Crippen LogP contribution in [0, 0.1) is 0 Å². The van der Waals surface area contributed by atoms with Gasteiger partial charge in [-0.25, -0.2) is 8.98 Å². The summed E-state index contributed by atoms with van der Waals surface area (Å²) in [6.45, 7) is 11.5. The molecule has 7 heteroatoms. The standard InChI is InChI=1S/C11H21NO5S/c1-9(2,3)16-8(13)12-10(4,5)11(6,7)17-18(12,14)15/h1-7H3. The van der Waals surface area contributed by atoms with E-state index in [2.05, 4.69) is 0 Å². The van der Waals surface area contributed by atoms with Crippen LogP contribution in [0.25, 0.3) is 0 Å². The lowest BCUT2D eigenvalue weighted by atomic mass is 9.86. The maximum atomic E-state index is 12.0. The van der Waals surface area contributed by atoms with Crippen molar-refractivity contribution in [1.29, 1.82) is 0 Å². The van der Waals surface area contributed by atoms with Gasteiger partial charge in [-0.3, -0.25) is 0 Å². The van der Waals surface area contributed by atoms with Crippen molar-refractivity contribution >= 4 is 16.4 Å². The Labute approximate surface area is 109 Å². The van der Waals surface area contributed by atoms with Gasteiger partial charge in [-0.15, -0.1) is 0 Å². The van der Waals surface area contributed by atoms with E-state index in [1.165, 1.54) is 0 Å². The van der Waals surface area contributed by atoms with Gasteiger partial charge in [0.05, 0.1) is 5.54 Å². The van der Waals surface area contributed by atoms with Crippen molar-refractivity contribution in [3.05, 3.63) is 0 Å². The summed E-state index contributed by atoms with van der Waals surface area (Å²) in [6.07, 6.45) is -0.918. The minimum atomic E-state index is -4.12. The van der Waals surface area contributed by atoms with E-state index in [1.54, 1.807) is 48.5 Å². The molecule has 1 amide bonds. The zero-order valence-electron chi connectivity index (χ0n) is 11.9. The number of hydrogen-bond acceptors (Lipinski definition) is 5. The highest BCUT2D eigenvalue weighted by atomic mass is 32.2. The first-order chi connectivity index (χ1) is 7.71. The van der Waals surface area contributed by atoms with Crippen molar-refractivity contribution in [3.8, 4) is 0 Å². The normalized spacial score (nSPS) is 24.9. The second-order valence-corrected chi connectivity index (χ2v) is 7.74. The van der Waals surface area contributed by atoms with E-state index in [0.717, 1.165) is 0 Å². The van der Waals surface area contributed by atoms with Gasteiger partial charge in [0.15, 0.2) is 0 Å². The molecule has 0 aromatic heterocycles. The predicted molar refractivity (Wildman–Crippen MR) is 66.2 cm³/mol. The Morgan fingerprint density at radius 2 is 1.61 bits per heavy atom. The molecule has 1 rings (SSSR count). The molecule has 1 aliphatic heterocycles. The Morgan fingerprint density at radius 1 is 1.17 bits per heavy atom. The summed E-state index contributed by atoms with van der Waals surface area (Å²) < 4.78 is 34.6. The molecule has 0 unspecified atom stereocenters. The number of carbonyl (C=O) groups excluding carboxylic acids is 1. The van der Waals surface area contributed by atoms with Crippen molar-refractivity contribution in [1.82, 2.24) is 4.31 Å². The van der Waals surface area contributed by atoms with E-state index >= 15 is 0 Å². The van der Waals surface area contributed by atoms with Crippen LogP contribution in [-0.4, -0.2) is 35.6 Å². The number of carbonyl (C=O) groups is 1. The van der Waals surface area contributed by atoms with Crippen molar-refractivity contribution < 1.29 is 22.1 Å². The summed E-state index contributed by atoms with van der Waals surface area (Å²) >= 11 is 0. The van der Waals surface area contributed by atoms with Crippen molar-refractivity contribution in [2.45, 2.75) is 65.2 Å². The summed E-state index contributed by atoms with van der Waals surface area (Å²) in [5.74, 6) is 0. The van der Waals surface area contributed by atoms with Crippen LogP contribution in [0.4, 0.5) is 4.79 Å². The predicted octanol–water partition coefficient (Wildman–Crippen LogP) is 2.06. The van der Waals surface area contributed by atoms with Crippen LogP contribution in [-0.2, 0) is 19.2 Å². The van der Waals surface area contributed by atoms with Crippen LogP contribution >= 0.6 is 0 Å². The number of hydrogen-bond donors (Lipinski definition) is 0. The van der Waals surface area contributed by atoms with Gasteiger partial charge in [-0.1, -0.05) is 0 Å². The van der Waals surface area contributed by atoms with E-state index < -0.39 is 33.1 Å². The van der Waals surface area contributed by atoms with Crippen LogP contribution in [0.15, 0.2) is 0 Å². The average Bonchev–Trinajstić information content (AvgIpc) is 2.05. The van der Waals surface area contributed by atoms with Gasteiger partial charge in [0.1, 0.15) is 11.2 Å². The zero-order valence-corrected chi connectivity index (χ0v) is 12.7. The minimum Gasteiger partial charge on any atom is -0.443 e. The summed E-state index contributed by atoms with van der Waals surface area (Å²) in [5.41, 5.74) is -2.80. The monoisotopic (exact) mass is 279 g/mol. The SMILES string of the molecule is CC(C)(C)OC(=O)N1C(C)(C)C(C)(C)OS1(=O)=O. The maximum absolute atomic E-state index is 12.0. The van der Waals surface area contributed by atoms with Crippen molar-refractivity contribution in [2.75, 3.05) is 0 Å². The van der Waals surface area contributed by atoms with E-state index in [0.29, 0.717) is 4.31 Å². The summed E-state index contributed by atoms with van der Waals surface area (Å²) in [5, 5.41) is 0. The first-order valence-electron chi connectivity index (χ1n) is 5.70. The Hall–Kier alpha value is -0.820. The molecule has 1 heterocycles. The quantitative estimate of drug-likeness (QED) is 0.678. The van der Waals surface area contributed by atoms with Gasteiger partial charge in [-0.05, 0) is 48.5 Å². The molecular formula is C11H21NO5S. The summed E-state index contributed by atoms with van der Waals surface area (Å²) in [7, 11) is -4.12. The highest BCUT2D eigenvalue weighted by Crippen LogP contribution is 2.42. The topological polar surface area (TPSA) is 72.9 Å². The van der Waals surface area contributed by atoms with Crippen LogP contribution in [0.2, 0.25) is 0 Å². The third-order valence-corrected chi connectivity index (χ3v) is 4.76. The molecule has 0 saturated carbocycles. The molecule has 0 aromatic rings. The van der Waals surface area contributed by atoms with E-state index in [9.17, 15) is 13.2 Å². The molecule has 0 bridgehead atoms. The molecule has 0 spiro atoms. The zero-order chi connectivity index (χ0) is 14.6. The highest BCUT2D eigenvalue weighted by Gasteiger charge is 2.60. The van der Waals surface area contributed by atoms with Crippen LogP contribution in [0.3, 0.4) is 0 Å². The molecule has 0 N–H and O–H groups in total. The fourth-order valence-corrected chi connectivity index (χ4v) is 3.35. The number of nitrogens with zero attached hydrogens (tertiary/aromatic N) is 1. The van der Waals surface area contributed by atoms with E-state index in [1.807, 2.05) is 0 Å². The molecule has 1 saturated heterocycles. The first kappa shape index (κ1) is 15.2. The molecule has 106 valence electrons. The molecule has 0 radical (unpaired) electrons. The molecule has 0 atom stereocenters. The molecule has 1 fully saturated rings. The van der Waals surface area contributed by atoms with Crippen LogP contribution in [0.5, 0.6) is 0 Å². The molecule has 0 aromatic carbocycles. The second-order valence-electron chi connectivity index (χ2n) is 6.36. The number of rotatable bonds is 0.